The lowest BCUT2D eigenvalue weighted by Crippen LogP contribution is -2.41. The fourth-order valence-corrected chi connectivity index (χ4v) is 3.52. The van der Waals surface area contributed by atoms with Gasteiger partial charge in [-0.25, -0.2) is 0 Å². The van der Waals surface area contributed by atoms with E-state index in [1.165, 1.54) is 4.90 Å². The molecule has 2 amide bonds. The van der Waals surface area contributed by atoms with Crippen molar-refractivity contribution in [3.05, 3.63) is 41.6 Å². The average Bonchev–Trinajstić information content (AvgIpc) is 2.91. The number of rotatable bonds is 6. The first-order chi connectivity index (χ1) is 12.2. The summed E-state index contributed by atoms with van der Waals surface area (Å²) in [5.74, 6) is -0.400. The molecule has 1 N–H and O–H groups in total. The van der Waals surface area contributed by atoms with Crippen LogP contribution in [0.3, 0.4) is 0 Å². The minimum absolute atomic E-state index is 0.0972. The molecule has 0 aromatic heterocycles. The molecule has 0 saturated carbocycles. The van der Waals surface area contributed by atoms with Crippen LogP contribution in [0.2, 0.25) is 0 Å². The number of amides is 2. The summed E-state index contributed by atoms with van der Waals surface area (Å²) < 4.78 is 5.05. The van der Waals surface area contributed by atoms with Gasteiger partial charge in [-0.3, -0.25) is 14.5 Å². The van der Waals surface area contributed by atoms with Gasteiger partial charge in [-0.2, -0.15) is 0 Å². The zero-order valence-corrected chi connectivity index (χ0v) is 14.5. The smallest absolute Gasteiger partial charge is 0.277 e. The molecule has 2 aliphatic heterocycles. The topological polar surface area (TPSA) is 70.1 Å². The Morgan fingerprint density at radius 1 is 1.20 bits per heavy atom. The summed E-state index contributed by atoms with van der Waals surface area (Å²) >= 11 is 0. The number of aliphatic hydroxyl groups is 1. The van der Waals surface area contributed by atoms with Crippen molar-refractivity contribution in [2.24, 2.45) is 5.92 Å². The summed E-state index contributed by atoms with van der Waals surface area (Å²) in [6.07, 6.45) is 1.84. The van der Waals surface area contributed by atoms with Crippen LogP contribution in [0.25, 0.3) is 5.57 Å². The number of ether oxygens (including phenoxy) is 1. The van der Waals surface area contributed by atoms with E-state index in [9.17, 15) is 14.7 Å². The van der Waals surface area contributed by atoms with E-state index in [0.717, 1.165) is 24.9 Å². The molecule has 2 heterocycles. The molecule has 6 nitrogen and oxygen atoms in total. The number of piperidine rings is 1. The summed E-state index contributed by atoms with van der Waals surface area (Å²) in [7, 11) is 1.55. The number of hydrogen-bond donors (Lipinski definition) is 1. The van der Waals surface area contributed by atoms with Crippen LogP contribution in [0, 0.1) is 5.92 Å². The Morgan fingerprint density at radius 2 is 1.96 bits per heavy atom. The molecule has 1 unspecified atom stereocenters. The Kier molecular flexibility index (Phi) is 5.50. The molecular formula is C19H24N2O4. The number of aliphatic hydroxyl groups excluding tert-OH is 1. The highest BCUT2D eigenvalue weighted by atomic mass is 16.5. The van der Waals surface area contributed by atoms with Gasteiger partial charge >= 0.3 is 0 Å². The van der Waals surface area contributed by atoms with E-state index in [4.69, 9.17) is 4.74 Å². The van der Waals surface area contributed by atoms with Gasteiger partial charge in [0.1, 0.15) is 5.70 Å². The Labute approximate surface area is 147 Å². The lowest BCUT2D eigenvalue weighted by atomic mass is 9.97. The van der Waals surface area contributed by atoms with E-state index >= 15 is 0 Å². The first-order valence-electron chi connectivity index (χ1n) is 8.68. The number of likely N-dealkylation sites (tertiary alicyclic amines) is 1. The van der Waals surface area contributed by atoms with Gasteiger partial charge in [0, 0.05) is 26.8 Å². The van der Waals surface area contributed by atoms with Gasteiger partial charge in [-0.1, -0.05) is 30.3 Å². The Morgan fingerprint density at radius 3 is 2.64 bits per heavy atom. The average molecular weight is 344 g/mol. The maximum atomic E-state index is 13.0. The van der Waals surface area contributed by atoms with E-state index in [-0.39, 0.29) is 30.9 Å². The van der Waals surface area contributed by atoms with Crippen molar-refractivity contribution in [1.82, 2.24) is 9.80 Å². The zero-order valence-electron chi connectivity index (χ0n) is 14.5. The lowest BCUT2D eigenvalue weighted by molar-refractivity contribution is -0.138. The van der Waals surface area contributed by atoms with Crippen LogP contribution in [-0.4, -0.2) is 66.7 Å². The molecule has 1 saturated heterocycles. The summed E-state index contributed by atoms with van der Waals surface area (Å²) in [5, 5.41) is 9.50. The van der Waals surface area contributed by atoms with Gasteiger partial charge in [-0.05, 0) is 24.3 Å². The van der Waals surface area contributed by atoms with Gasteiger partial charge in [0.25, 0.3) is 11.8 Å². The summed E-state index contributed by atoms with van der Waals surface area (Å²) in [6, 6.07) is 9.32. The summed E-state index contributed by atoms with van der Waals surface area (Å²) in [6.45, 7) is 1.97. The molecule has 6 heteroatoms. The summed E-state index contributed by atoms with van der Waals surface area (Å²) in [4.78, 5) is 29.2. The zero-order chi connectivity index (χ0) is 17.8. The first-order valence-corrected chi connectivity index (χ1v) is 8.68. The van der Waals surface area contributed by atoms with Crippen LogP contribution in [-0.2, 0) is 14.3 Å². The lowest BCUT2D eigenvalue weighted by Gasteiger charge is -2.34. The van der Waals surface area contributed by atoms with Gasteiger partial charge in [-0.15, -0.1) is 0 Å². The first kappa shape index (κ1) is 17.6. The second-order valence-electron chi connectivity index (χ2n) is 6.48. The fourth-order valence-electron chi connectivity index (χ4n) is 3.52. The van der Waals surface area contributed by atoms with Crippen molar-refractivity contribution in [2.45, 2.75) is 12.8 Å². The largest absolute Gasteiger partial charge is 0.396 e. The van der Waals surface area contributed by atoms with Gasteiger partial charge < -0.3 is 14.7 Å². The number of carbonyl (C=O) groups is 2. The molecule has 1 fully saturated rings. The molecule has 25 heavy (non-hydrogen) atoms. The third-order valence-corrected chi connectivity index (χ3v) is 4.82. The minimum Gasteiger partial charge on any atom is -0.396 e. The maximum absolute atomic E-state index is 13.0. The molecule has 1 aromatic carbocycles. The van der Waals surface area contributed by atoms with E-state index in [1.54, 1.807) is 7.11 Å². The van der Waals surface area contributed by atoms with Crippen LogP contribution in [0.15, 0.2) is 36.0 Å². The number of carbonyl (C=O) groups excluding carboxylic acids is 2. The maximum Gasteiger partial charge on any atom is 0.277 e. The quantitative estimate of drug-likeness (QED) is 0.783. The van der Waals surface area contributed by atoms with Gasteiger partial charge in [0.15, 0.2) is 0 Å². The highest BCUT2D eigenvalue weighted by molar-refractivity contribution is 6.35. The van der Waals surface area contributed by atoms with Crippen LogP contribution in [0.5, 0.6) is 0 Å². The van der Waals surface area contributed by atoms with E-state index in [1.807, 2.05) is 35.2 Å². The minimum atomic E-state index is -0.269. The van der Waals surface area contributed by atoms with Crippen LogP contribution >= 0.6 is 0 Å². The molecule has 2 aliphatic rings. The second-order valence-corrected chi connectivity index (χ2v) is 6.48. The molecule has 3 rings (SSSR count). The highest BCUT2D eigenvalue weighted by Crippen LogP contribution is 2.33. The Bertz CT molecular complexity index is 671. The molecule has 1 aromatic rings. The van der Waals surface area contributed by atoms with E-state index in [0.29, 0.717) is 24.4 Å². The van der Waals surface area contributed by atoms with E-state index < -0.39 is 0 Å². The Balaban J connectivity index is 1.99. The van der Waals surface area contributed by atoms with Crippen molar-refractivity contribution in [3.63, 3.8) is 0 Å². The third-order valence-electron chi connectivity index (χ3n) is 4.82. The van der Waals surface area contributed by atoms with Crippen molar-refractivity contribution in [1.29, 1.82) is 0 Å². The summed E-state index contributed by atoms with van der Waals surface area (Å²) in [5.41, 5.74) is 1.67. The standard InChI is InChI=1S/C19H24N2O4/c1-25-11-10-21-18(23)16(15-7-3-2-4-8-15)17(19(21)24)20-9-5-6-14(12-20)13-22/h2-4,7-8,14,22H,5-6,9-13H2,1H3. The van der Waals surface area contributed by atoms with Gasteiger partial charge in [0.05, 0.1) is 18.7 Å². The number of benzene rings is 1. The molecule has 0 aliphatic carbocycles. The van der Waals surface area contributed by atoms with Crippen molar-refractivity contribution in [2.75, 3.05) is 40.0 Å². The second kappa shape index (κ2) is 7.80. The number of methoxy groups -OCH3 is 1. The predicted octanol–water partition coefficient (Wildman–Crippen LogP) is 1.12. The normalized spacial score (nSPS) is 21.4. The SMILES string of the molecule is COCCN1C(=O)C(c2ccccc2)=C(N2CCCC(CO)C2)C1=O. The van der Waals surface area contributed by atoms with Crippen molar-refractivity contribution in [3.8, 4) is 0 Å². The molecule has 0 bridgehead atoms. The fraction of sp³-hybridized carbons (Fsp3) is 0.474. The molecule has 0 radical (unpaired) electrons. The molecule has 134 valence electrons. The monoisotopic (exact) mass is 344 g/mol. The predicted molar refractivity (Wildman–Crippen MR) is 93.3 cm³/mol. The van der Waals surface area contributed by atoms with Crippen LogP contribution in [0.4, 0.5) is 0 Å². The van der Waals surface area contributed by atoms with Crippen molar-refractivity contribution < 1.29 is 19.4 Å². The molecule has 1 atom stereocenters. The van der Waals surface area contributed by atoms with Gasteiger partial charge in [0.2, 0.25) is 0 Å². The Hall–Kier alpha value is -2.18. The van der Waals surface area contributed by atoms with Crippen LogP contribution in [0.1, 0.15) is 18.4 Å². The highest BCUT2D eigenvalue weighted by Gasteiger charge is 2.42. The third kappa shape index (κ3) is 3.45. The number of hydrogen-bond acceptors (Lipinski definition) is 5. The van der Waals surface area contributed by atoms with E-state index in [2.05, 4.69) is 0 Å². The number of imide groups is 1. The molecular weight excluding hydrogens is 320 g/mol. The molecule has 0 spiro atoms. The van der Waals surface area contributed by atoms with Crippen molar-refractivity contribution >= 4 is 17.4 Å². The van der Waals surface area contributed by atoms with Crippen LogP contribution < -0.4 is 0 Å². The number of nitrogens with zero attached hydrogens (tertiary/aromatic N) is 2.